The number of rotatable bonds is 8. The Hall–Kier alpha value is -2.48. The van der Waals surface area contributed by atoms with Gasteiger partial charge in [0.15, 0.2) is 5.11 Å². The fourth-order valence-electron chi connectivity index (χ4n) is 3.33. The molecule has 1 N–H and O–H groups in total. The summed E-state index contributed by atoms with van der Waals surface area (Å²) < 4.78 is 11.0. The first-order valence-electron chi connectivity index (χ1n) is 10.3. The van der Waals surface area contributed by atoms with Gasteiger partial charge in [0.25, 0.3) is 5.91 Å². The average Bonchev–Trinajstić information content (AvgIpc) is 2.78. The Morgan fingerprint density at radius 1 is 1.00 bits per heavy atom. The number of hydrogen-bond acceptors (Lipinski definition) is 5. The molecule has 0 aromatic heterocycles. The molecule has 0 radical (unpaired) electrons. The Morgan fingerprint density at radius 2 is 1.70 bits per heavy atom. The second-order valence-electron chi connectivity index (χ2n) is 7.05. The zero-order valence-corrected chi connectivity index (χ0v) is 18.2. The highest BCUT2D eigenvalue weighted by Gasteiger charge is 2.21. The van der Waals surface area contributed by atoms with E-state index in [1.54, 1.807) is 12.1 Å². The lowest BCUT2D eigenvalue weighted by Gasteiger charge is -2.36. The van der Waals surface area contributed by atoms with Crippen LogP contribution < -0.4 is 10.1 Å². The molecule has 1 aliphatic rings. The number of para-hydroxylation sites is 1. The van der Waals surface area contributed by atoms with Crippen molar-refractivity contribution in [2.75, 3.05) is 46.0 Å². The first-order valence-corrected chi connectivity index (χ1v) is 10.7. The van der Waals surface area contributed by atoms with Gasteiger partial charge in [-0.25, -0.2) is 0 Å². The van der Waals surface area contributed by atoms with Gasteiger partial charge in [0, 0.05) is 39.3 Å². The lowest BCUT2D eigenvalue weighted by Crippen LogP contribution is -2.52. The van der Waals surface area contributed by atoms with Crippen LogP contribution in [0.25, 0.3) is 0 Å². The van der Waals surface area contributed by atoms with Gasteiger partial charge in [0.05, 0.1) is 12.2 Å². The van der Waals surface area contributed by atoms with Crippen LogP contribution in [-0.4, -0.2) is 66.8 Å². The molecule has 1 heterocycles. The van der Waals surface area contributed by atoms with Crippen LogP contribution in [0.15, 0.2) is 54.6 Å². The molecule has 1 amide bonds. The zero-order valence-electron chi connectivity index (χ0n) is 17.4. The molecule has 1 fully saturated rings. The van der Waals surface area contributed by atoms with Crippen LogP contribution in [0.3, 0.4) is 0 Å². The summed E-state index contributed by atoms with van der Waals surface area (Å²) in [6, 6.07) is 17.6. The van der Waals surface area contributed by atoms with Crippen molar-refractivity contribution in [2.24, 2.45) is 0 Å². The van der Waals surface area contributed by atoms with Gasteiger partial charge >= 0.3 is 0 Å². The Balaban J connectivity index is 1.49. The van der Waals surface area contributed by atoms with Crippen LogP contribution in [0.1, 0.15) is 22.8 Å². The standard InChI is InChI=1S/C23H29N3O3S/c1-2-28-16-17-29-21-11-7-6-10-20(21)22(27)24-23(30)26-14-12-25(13-15-26)18-19-8-4-3-5-9-19/h3-11H,2,12-18H2,1H3,(H,24,27,30). The molecular formula is C23H29N3O3S. The fraction of sp³-hybridized carbons (Fsp3) is 0.391. The van der Waals surface area contributed by atoms with Gasteiger partial charge < -0.3 is 14.4 Å². The number of nitrogens with one attached hydrogen (secondary N) is 1. The largest absolute Gasteiger partial charge is 0.490 e. The van der Waals surface area contributed by atoms with Gasteiger partial charge in [-0.2, -0.15) is 0 Å². The SMILES string of the molecule is CCOCCOc1ccccc1C(=O)NC(=S)N1CCN(Cc2ccccc2)CC1. The number of piperazine rings is 1. The first kappa shape index (κ1) is 22.2. The van der Waals surface area contributed by atoms with Crippen molar-refractivity contribution in [2.45, 2.75) is 13.5 Å². The summed E-state index contributed by atoms with van der Waals surface area (Å²) >= 11 is 5.50. The summed E-state index contributed by atoms with van der Waals surface area (Å²) in [5.74, 6) is 0.281. The Kier molecular flexibility index (Phi) is 8.62. The molecule has 0 aliphatic carbocycles. The van der Waals surface area contributed by atoms with E-state index in [4.69, 9.17) is 21.7 Å². The van der Waals surface area contributed by atoms with Crippen molar-refractivity contribution in [3.8, 4) is 5.75 Å². The number of hydrogen-bond donors (Lipinski definition) is 1. The first-order chi connectivity index (χ1) is 14.7. The Labute approximate surface area is 183 Å². The van der Waals surface area contributed by atoms with Crippen LogP contribution in [0, 0.1) is 0 Å². The lowest BCUT2D eigenvalue weighted by molar-refractivity contribution is 0.0951. The van der Waals surface area contributed by atoms with Gasteiger partial charge in [-0.05, 0) is 36.8 Å². The smallest absolute Gasteiger partial charge is 0.261 e. The minimum Gasteiger partial charge on any atom is -0.490 e. The average molecular weight is 428 g/mol. The van der Waals surface area contributed by atoms with Crippen LogP contribution in [0.5, 0.6) is 5.75 Å². The van der Waals surface area contributed by atoms with E-state index in [2.05, 4.69) is 34.5 Å². The summed E-state index contributed by atoms with van der Waals surface area (Å²) in [4.78, 5) is 17.2. The summed E-state index contributed by atoms with van der Waals surface area (Å²) in [6.07, 6.45) is 0. The number of ether oxygens (including phenoxy) is 2. The Bertz CT molecular complexity index is 823. The molecule has 6 nitrogen and oxygen atoms in total. The van der Waals surface area contributed by atoms with Crippen LogP contribution in [0.2, 0.25) is 0 Å². The van der Waals surface area contributed by atoms with E-state index in [-0.39, 0.29) is 5.91 Å². The number of benzene rings is 2. The molecule has 7 heteroatoms. The maximum atomic E-state index is 12.8. The van der Waals surface area contributed by atoms with E-state index >= 15 is 0 Å². The minimum absolute atomic E-state index is 0.251. The maximum absolute atomic E-state index is 12.8. The van der Waals surface area contributed by atoms with Crippen molar-refractivity contribution >= 4 is 23.2 Å². The molecule has 2 aromatic rings. The van der Waals surface area contributed by atoms with Gasteiger partial charge in [0.2, 0.25) is 0 Å². The quantitative estimate of drug-likeness (QED) is 0.516. The predicted octanol–water partition coefficient (Wildman–Crippen LogP) is 2.93. The molecule has 1 saturated heterocycles. The van der Waals surface area contributed by atoms with Crippen molar-refractivity contribution in [1.82, 2.24) is 15.1 Å². The third-order valence-corrected chi connectivity index (χ3v) is 5.31. The fourth-order valence-corrected chi connectivity index (χ4v) is 3.60. The number of nitrogens with zero attached hydrogens (tertiary/aromatic N) is 2. The second-order valence-corrected chi connectivity index (χ2v) is 7.44. The van der Waals surface area contributed by atoms with Gasteiger partial charge in [-0.15, -0.1) is 0 Å². The van der Waals surface area contributed by atoms with Crippen LogP contribution in [0.4, 0.5) is 0 Å². The van der Waals surface area contributed by atoms with E-state index in [1.807, 2.05) is 30.0 Å². The highest BCUT2D eigenvalue weighted by Crippen LogP contribution is 2.18. The Morgan fingerprint density at radius 3 is 2.43 bits per heavy atom. The molecule has 0 unspecified atom stereocenters. The molecule has 0 bridgehead atoms. The van der Waals surface area contributed by atoms with Gasteiger partial charge in [0.1, 0.15) is 12.4 Å². The monoisotopic (exact) mass is 427 g/mol. The van der Waals surface area contributed by atoms with Crippen LogP contribution in [-0.2, 0) is 11.3 Å². The molecule has 0 saturated carbocycles. The van der Waals surface area contributed by atoms with Crippen LogP contribution >= 0.6 is 12.2 Å². The minimum atomic E-state index is -0.251. The van der Waals surface area contributed by atoms with E-state index in [0.29, 0.717) is 36.2 Å². The molecule has 160 valence electrons. The molecule has 3 rings (SSSR count). The zero-order chi connectivity index (χ0) is 21.2. The van der Waals surface area contributed by atoms with Crippen molar-refractivity contribution in [3.63, 3.8) is 0 Å². The highest BCUT2D eigenvalue weighted by atomic mass is 32.1. The topological polar surface area (TPSA) is 54.0 Å². The van der Waals surface area contributed by atoms with E-state index < -0.39 is 0 Å². The molecule has 1 aliphatic heterocycles. The van der Waals surface area contributed by atoms with Crippen molar-refractivity contribution < 1.29 is 14.3 Å². The van der Waals surface area contributed by atoms with Gasteiger partial charge in [-0.1, -0.05) is 42.5 Å². The second kappa shape index (κ2) is 11.6. The number of thiocarbonyl (C=S) groups is 1. The number of carbonyl (C=O) groups excluding carboxylic acids is 1. The molecule has 30 heavy (non-hydrogen) atoms. The third-order valence-electron chi connectivity index (χ3n) is 4.95. The van der Waals surface area contributed by atoms with E-state index in [9.17, 15) is 4.79 Å². The molecule has 2 aromatic carbocycles. The summed E-state index contributed by atoms with van der Waals surface area (Å²) in [5.41, 5.74) is 1.78. The summed E-state index contributed by atoms with van der Waals surface area (Å²) in [6.45, 7) is 7.77. The summed E-state index contributed by atoms with van der Waals surface area (Å²) in [7, 11) is 0. The maximum Gasteiger partial charge on any atom is 0.261 e. The van der Waals surface area contributed by atoms with Gasteiger partial charge in [-0.3, -0.25) is 15.0 Å². The van der Waals surface area contributed by atoms with Crippen molar-refractivity contribution in [1.29, 1.82) is 0 Å². The normalized spacial score (nSPS) is 14.4. The highest BCUT2D eigenvalue weighted by molar-refractivity contribution is 7.80. The predicted molar refractivity (Wildman–Crippen MR) is 122 cm³/mol. The van der Waals surface area contributed by atoms with E-state index in [0.717, 1.165) is 32.7 Å². The summed E-state index contributed by atoms with van der Waals surface area (Å²) in [5, 5.41) is 3.32. The third kappa shape index (κ3) is 6.52. The van der Waals surface area contributed by atoms with E-state index in [1.165, 1.54) is 5.56 Å². The molecule has 0 atom stereocenters. The lowest BCUT2D eigenvalue weighted by atomic mass is 10.2. The molecule has 0 spiro atoms. The van der Waals surface area contributed by atoms with Crippen molar-refractivity contribution in [3.05, 3.63) is 65.7 Å². The molecular weight excluding hydrogens is 398 g/mol. The number of carbonyl (C=O) groups is 1. The number of amides is 1.